The summed E-state index contributed by atoms with van der Waals surface area (Å²) in [6.45, 7) is 7.08. The summed E-state index contributed by atoms with van der Waals surface area (Å²) in [5.74, 6) is -0.0795. The summed E-state index contributed by atoms with van der Waals surface area (Å²) >= 11 is 0. The Bertz CT molecular complexity index is 747. The van der Waals surface area contributed by atoms with E-state index in [-0.39, 0.29) is 5.91 Å². The predicted octanol–water partition coefficient (Wildman–Crippen LogP) is 3.16. The first-order valence-corrected chi connectivity index (χ1v) is 9.09. The summed E-state index contributed by atoms with van der Waals surface area (Å²) in [6, 6.07) is 16.5. The van der Waals surface area contributed by atoms with Crippen molar-refractivity contribution in [3.05, 3.63) is 76.9 Å². The third-order valence-electron chi connectivity index (χ3n) is 4.47. The number of hydrogen-bond donors (Lipinski definition) is 1. The fraction of sp³-hybridized carbons (Fsp3) is 0.318. The molecule has 0 atom stereocenters. The van der Waals surface area contributed by atoms with Crippen LogP contribution in [0.25, 0.3) is 6.08 Å². The first-order valence-electron chi connectivity index (χ1n) is 9.09. The standard InChI is InChI=1S/C22H26N2O2/c1-18-5-7-19(8-6-18)9-10-22(25)23-16-20-3-2-4-21(15-20)17-24-11-13-26-14-12-24/h2-10,15H,11-14,16-17H2,1H3,(H,23,25)/b10-9+. The SMILES string of the molecule is Cc1ccc(/C=C/C(=O)NCc2cccc(CN3CCOCC3)c2)cc1. The molecule has 4 nitrogen and oxygen atoms in total. The van der Waals surface area contributed by atoms with Crippen molar-refractivity contribution in [2.75, 3.05) is 26.3 Å². The monoisotopic (exact) mass is 350 g/mol. The van der Waals surface area contributed by atoms with E-state index in [1.165, 1.54) is 11.1 Å². The Hall–Kier alpha value is -2.43. The smallest absolute Gasteiger partial charge is 0.244 e. The van der Waals surface area contributed by atoms with Gasteiger partial charge in [-0.05, 0) is 29.7 Å². The van der Waals surface area contributed by atoms with Crippen molar-refractivity contribution in [2.45, 2.75) is 20.0 Å². The molecule has 1 heterocycles. The van der Waals surface area contributed by atoms with Gasteiger partial charge in [0.2, 0.25) is 5.91 Å². The average molecular weight is 350 g/mol. The molecule has 0 spiro atoms. The van der Waals surface area contributed by atoms with Crippen LogP contribution in [0, 0.1) is 6.92 Å². The molecule has 1 N–H and O–H groups in total. The molecule has 0 aliphatic carbocycles. The second kappa shape index (κ2) is 9.32. The van der Waals surface area contributed by atoms with Crippen molar-refractivity contribution in [3.8, 4) is 0 Å². The zero-order valence-electron chi connectivity index (χ0n) is 15.3. The number of aryl methyl sites for hydroxylation is 1. The highest BCUT2D eigenvalue weighted by atomic mass is 16.5. The Morgan fingerprint density at radius 3 is 2.62 bits per heavy atom. The van der Waals surface area contributed by atoms with Gasteiger partial charge in [0.15, 0.2) is 0 Å². The number of morpholine rings is 1. The topological polar surface area (TPSA) is 41.6 Å². The number of hydrogen-bond acceptors (Lipinski definition) is 3. The minimum Gasteiger partial charge on any atom is -0.379 e. The molecule has 0 bridgehead atoms. The van der Waals surface area contributed by atoms with Crippen molar-refractivity contribution in [2.24, 2.45) is 0 Å². The van der Waals surface area contributed by atoms with Crippen LogP contribution in [-0.4, -0.2) is 37.1 Å². The Balaban J connectivity index is 1.49. The summed E-state index contributed by atoms with van der Waals surface area (Å²) < 4.78 is 5.39. The van der Waals surface area contributed by atoms with E-state index in [1.54, 1.807) is 6.08 Å². The normalized spacial score (nSPS) is 15.3. The maximum Gasteiger partial charge on any atom is 0.244 e. The van der Waals surface area contributed by atoms with Crippen LogP contribution in [0.3, 0.4) is 0 Å². The largest absolute Gasteiger partial charge is 0.379 e. The first kappa shape index (κ1) is 18.4. The summed E-state index contributed by atoms with van der Waals surface area (Å²) in [5.41, 5.74) is 4.63. The number of carbonyl (C=O) groups excluding carboxylic acids is 1. The van der Waals surface area contributed by atoms with Crippen molar-refractivity contribution in [3.63, 3.8) is 0 Å². The van der Waals surface area contributed by atoms with Gasteiger partial charge in [0.05, 0.1) is 13.2 Å². The molecule has 1 fully saturated rings. The van der Waals surface area contributed by atoms with Gasteiger partial charge in [0, 0.05) is 32.3 Å². The lowest BCUT2D eigenvalue weighted by Gasteiger charge is -2.26. The molecule has 0 unspecified atom stereocenters. The predicted molar refractivity (Wildman–Crippen MR) is 105 cm³/mol. The lowest BCUT2D eigenvalue weighted by atomic mass is 10.1. The number of rotatable bonds is 6. The number of ether oxygens (including phenoxy) is 1. The number of amides is 1. The summed E-state index contributed by atoms with van der Waals surface area (Å²) in [4.78, 5) is 14.4. The molecule has 2 aromatic carbocycles. The van der Waals surface area contributed by atoms with E-state index in [4.69, 9.17) is 4.74 Å². The van der Waals surface area contributed by atoms with E-state index in [1.807, 2.05) is 43.3 Å². The van der Waals surface area contributed by atoms with Gasteiger partial charge in [0.25, 0.3) is 0 Å². The number of carbonyl (C=O) groups is 1. The van der Waals surface area contributed by atoms with Crippen LogP contribution in [0.4, 0.5) is 0 Å². The van der Waals surface area contributed by atoms with Crippen LogP contribution in [0.2, 0.25) is 0 Å². The molecule has 1 aliphatic rings. The first-order chi connectivity index (χ1) is 12.7. The molecule has 0 aromatic heterocycles. The molecular weight excluding hydrogens is 324 g/mol. The molecule has 1 aliphatic heterocycles. The van der Waals surface area contributed by atoms with Crippen LogP contribution in [0.15, 0.2) is 54.6 Å². The van der Waals surface area contributed by atoms with Crippen molar-refractivity contribution in [1.82, 2.24) is 10.2 Å². The Morgan fingerprint density at radius 2 is 1.85 bits per heavy atom. The molecule has 1 amide bonds. The lowest BCUT2D eigenvalue weighted by Crippen LogP contribution is -2.35. The minimum absolute atomic E-state index is 0.0795. The highest BCUT2D eigenvalue weighted by Gasteiger charge is 2.10. The molecule has 3 rings (SSSR count). The molecule has 0 radical (unpaired) electrons. The highest BCUT2D eigenvalue weighted by Crippen LogP contribution is 2.10. The zero-order valence-corrected chi connectivity index (χ0v) is 15.3. The number of benzene rings is 2. The fourth-order valence-electron chi connectivity index (χ4n) is 2.95. The highest BCUT2D eigenvalue weighted by molar-refractivity contribution is 5.91. The average Bonchev–Trinajstić information content (AvgIpc) is 2.67. The lowest BCUT2D eigenvalue weighted by molar-refractivity contribution is -0.116. The van der Waals surface area contributed by atoms with Gasteiger partial charge < -0.3 is 10.1 Å². The quantitative estimate of drug-likeness (QED) is 0.814. The summed E-state index contributed by atoms with van der Waals surface area (Å²) in [5, 5.41) is 2.95. The van der Waals surface area contributed by atoms with E-state index < -0.39 is 0 Å². The van der Waals surface area contributed by atoms with E-state index in [0.717, 1.165) is 44.0 Å². The van der Waals surface area contributed by atoms with Gasteiger partial charge >= 0.3 is 0 Å². The Morgan fingerprint density at radius 1 is 1.12 bits per heavy atom. The van der Waals surface area contributed by atoms with Gasteiger partial charge in [-0.1, -0.05) is 54.1 Å². The Labute approximate surface area is 155 Å². The van der Waals surface area contributed by atoms with E-state index >= 15 is 0 Å². The van der Waals surface area contributed by atoms with Gasteiger partial charge in [-0.2, -0.15) is 0 Å². The van der Waals surface area contributed by atoms with Gasteiger partial charge in [-0.3, -0.25) is 9.69 Å². The zero-order chi connectivity index (χ0) is 18.2. The third kappa shape index (κ3) is 5.83. The molecule has 0 saturated carbocycles. The fourth-order valence-corrected chi connectivity index (χ4v) is 2.95. The van der Waals surface area contributed by atoms with Crippen LogP contribution in [0.5, 0.6) is 0 Å². The third-order valence-corrected chi connectivity index (χ3v) is 4.47. The van der Waals surface area contributed by atoms with Crippen molar-refractivity contribution >= 4 is 12.0 Å². The van der Waals surface area contributed by atoms with Crippen LogP contribution < -0.4 is 5.32 Å². The summed E-state index contributed by atoms with van der Waals surface area (Å²) in [6.07, 6.45) is 3.42. The molecule has 4 heteroatoms. The van der Waals surface area contributed by atoms with Gasteiger partial charge in [0.1, 0.15) is 0 Å². The molecule has 26 heavy (non-hydrogen) atoms. The van der Waals surface area contributed by atoms with Crippen LogP contribution >= 0.6 is 0 Å². The number of nitrogens with zero attached hydrogens (tertiary/aromatic N) is 1. The molecule has 1 saturated heterocycles. The van der Waals surface area contributed by atoms with Gasteiger partial charge in [-0.15, -0.1) is 0 Å². The van der Waals surface area contributed by atoms with Crippen LogP contribution in [-0.2, 0) is 22.6 Å². The second-order valence-corrected chi connectivity index (χ2v) is 6.67. The molecule has 136 valence electrons. The van der Waals surface area contributed by atoms with Gasteiger partial charge in [-0.25, -0.2) is 0 Å². The van der Waals surface area contributed by atoms with E-state index in [0.29, 0.717) is 6.54 Å². The van der Waals surface area contributed by atoms with Crippen molar-refractivity contribution in [1.29, 1.82) is 0 Å². The molecule has 2 aromatic rings. The van der Waals surface area contributed by atoms with Crippen LogP contribution in [0.1, 0.15) is 22.3 Å². The second-order valence-electron chi connectivity index (χ2n) is 6.67. The number of nitrogens with one attached hydrogen (secondary N) is 1. The maximum atomic E-state index is 12.0. The summed E-state index contributed by atoms with van der Waals surface area (Å²) in [7, 11) is 0. The van der Waals surface area contributed by atoms with Crippen molar-refractivity contribution < 1.29 is 9.53 Å². The Kier molecular flexibility index (Phi) is 6.58. The minimum atomic E-state index is -0.0795. The molecular formula is C22H26N2O2. The van der Waals surface area contributed by atoms with E-state index in [2.05, 4.69) is 28.4 Å². The maximum absolute atomic E-state index is 12.0. The van der Waals surface area contributed by atoms with E-state index in [9.17, 15) is 4.79 Å².